The van der Waals surface area contributed by atoms with Gasteiger partial charge >= 0.3 is 0 Å². The second kappa shape index (κ2) is 9.62. The van der Waals surface area contributed by atoms with Crippen LogP contribution in [-0.2, 0) is 14.8 Å². The third-order valence-electron chi connectivity index (χ3n) is 5.25. The molecule has 1 unspecified atom stereocenters. The molecule has 2 heterocycles. The first-order valence-electron chi connectivity index (χ1n) is 10.5. The zero-order valence-corrected chi connectivity index (χ0v) is 19.8. The Kier molecular flexibility index (Phi) is 6.62. The van der Waals surface area contributed by atoms with Crippen LogP contribution in [0, 0.1) is 6.92 Å². The Morgan fingerprint density at radius 2 is 1.85 bits per heavy atom. The van der Waals surface area contributed by atoms with Crippen LogP contribution >= 0.6 is 0 Å². The van der Waals surface area contributed by atoms with E-state index in [2.05, 4.69) is 19.7 Å². The van der Waals surface area contributed by atoms with Crippen molar-refractivity contribution >= 4 is 32.4 Å². The Hall–Kier alpha value is -3.76. The number of aryl methyl sites for hydroxylation is 1. The van der Waals surface area contributed by atoms with Gasteiger partial charge in [0.25, 0.3) is 0 Å². The lowest BCUT2D eigenvalue weighted by Crippen LogP contribution is -2.25. The van der Waals surface area contributed by atoms with Gasteiger partial charge < -0.3 is 15.2 Å². The Labute approximate surface area is 198 Å². The molecule has 0 aliphatic carbocycles. The first-order chi connectivity index (χ1) is 16.3. The number of ether oxygens (including phenoxy) is 2. The van der Waals surface area contributed by atoms with Crippen LogP contribution in [0.25, 0.3) is 22.0 Å². The molecule has 0 amide bonds. The molecule has 0 spiro atoms. The lowest BCUT2D eigenvalue weighted by molar-refractivity contribution is 0.136. The highest BCUT2D eigenvalue weighted by atomic mass is 32.2. The van der Waals surface area contributed by atoms with Crippen molar-refractivity contribution < 1.29 is 17.9 Å². The van der Waals surface area contributed by atoms with E-state index in [0.717, 1.165) is 10.9 Å². The van der Waals surface area contributed by atoms with Gasteiger partial charge in [0, 0.05) is 30.3 Å². The van der Waals surface area contributed by atoms with Crippen molar-refractivity contribution in [1.29, 1.82) is 0 Å². The molecule has 10 heteroatoms. The minimum Gasteiger partial charge on any atom is -0.437 e. The second-order valence-electron chi connectivity index (χ2n) is 7.80. The number of anilines is 2. The van der Waals surface area contributed by atoms with E-state index in [0.29, 0.717) is 34.0 Å². The maximum absolute atomic E-state index is 12.6. The molecule has 0 saturated carbocycles. The quantitative estimate of drug-likeness (QED) is 0.385. The van der Waals surface area contributed by atoms with Crippen LogP contribution in [0.5, 0.6) is 11.6 Å². The van der Waals surface area contributed by atoms with Crippen molar-refractivity contribution in [3.05, 3.63) is 66.5 Å². The van der Waals surface area contributed by atoms with Gasteiger partial charge in [-0.25, -0.2) is 23.4 Å². The molecule has 176 valence electrons. The number of nitrogens with zero attached hydrogens (tertiary/aromatic N) is 3. The van der Waals surface area contributed by atoms with E-state index in [-0.39, 0.29) is 11.7 Å². The van der Waals surface area contributed by atoms with E-state index in [1.54, 1.807) is 43.6 Å². The first-order valence-corrected chi connectivity index (χ1v) is 12.2. The fourth-order valence-corrected chi connectivity index (χ4v) is 4.89. The number of hydrogen-bond donors (Lipinski definition) is 2. The molecule has 3 N–H and O–H groups in total. The molecule has 9 nitrogen and oxygen atoms in total. The highest BCUT2D eigenvalue weighted by Crippen LogP contribution is 2.38. The highest BCUT2D eigenvalue weighted by molar-refractivity contribution is 7.92. The Balaban J connectivity index is 1.76. The van der Waals surface area contributed by atoms with Crippen molar-refractivity contribution in [3.8, 4) is 22.9 Å². The predicted molar refractivity (Wildman–Crippen MR) is 132 cm³/mol. The van der Waals surface area contributed by atoms with E-state index in [4.69, 9.17) is 15.2 Å². The van der Waals surface area contributed by atoms with Crippen LogP contribution in [0.15, 0.2) is 60.9 Å². The van der Waals surface area contributed by atoms with Gasteiger partial charge in [0.1, 0.15) is 5.75 Å². The molecule has 0 aliphatic rings. The normalized spacial score (nSPS) is 12.4. The summed E-state index contributed by atoms with van der Waals surface area (Å²) in [7, 11) is -2.14. The third-order valence-corrected chi connectivity index (χ3v) is 6.69. The van der Waals surface area contributed by atoms with E-state index < -0.39 is 16.1 Å². The summed E-state index contributed by atoms with van der Waals surface area (Å²) in [4.78, 5) is 12.6. The molecule has 4 rings (SSSR count). The number of benzene rings is 2. The maximum atomic E-state index is 12.6. The van der Waals surface area contributed by atoms with Crippen LogP contribution < -0.4 is 15.2 Å². The Bertz CT molecular complexity index is 1440. The molecular formula is C24H25N5O4S. The zero-order chi connectivity index (χ0) is 24.3. The van der Waals surface area contributed by atoms with Crippen LogP contribution in [0.1, 0.15) is 12.5 Å². The molecule has 4 aromatic rings. The average Bonchev–Trinajstić information content (AvgIpc) is 2.80. The number of nitrogens with one attached hydrogen (secondary N) is 1. The summed E-state index contributed by atoms with van der Waals surface area (Å²) in [5.74, 6) is 0.893. The van der Waals surface area contributed by atoms with Crippen LogP contribution in [0.4, 0.5) is 11.6 Å². The van der Waals surface area contributed by atoms with E-state index in [9.17, 15) is 8.42 Å². The fourth-order valence-electron chi connectivity index (χ4n) is 3.54. The minimum absolute atomic E-state index is 0.147. The summed E-state index contributed by atoms with van der Waals surface area (Å²) < 4.78 is 39.3. The zero-order valence-electron chi connectivity index (χ0n) is 19.0. The van der Waals surface area contributed by atoms with Gasteiger partial charge in [0.05, 0.1) is 28.8 Å². The number of nitrogen functional groups attached to an aromatic ring is 1. The molecule has 2 aromatic heterocycles. The van der Waals surface area contributed by atoms with Gasteiger partial charge in [-0.3, -0.25) is 4.72 Å². The van der Waals surface area contributed by atoms with E-state index in [1.807, 2.05) is 31.2 Å². The third kappa shape index (κ3) is 5.08. The summed E-state index contributed by atoms with van der Waals surface area (Å²) in [6.45, 7) is 3.62. The lowest BCUT2D eigenvalue weighted by Gasteiger charge is -2.17. The monoisotopic (exact) mass is 479 g/mol. The number of pyridine rings is 1. The number of rotatable bonds is 8. The molecule has 2 aromatic carbocycles. The molecule has 1 atom stereocenters. The van der Waals surface area contributed by atoms with Gasteiger partial charge in [-0.1, -0.05) is 24.3 Å². The van der Waals surface area contributed by atoms with Crippen molar-refractivity contribution in [1.82, 2.24) is 15.0 Å². The summed E-state index contributed by atoms with van der Waals surface area (Å²) in [5, 5.41) is 1.43. The maximum Gasteiger partial charge on any atom is 0.235 e. The number of aromatic nitrogens is 3. The highest BCUT2D eigenvalue weighted by Gasteiger charge is 2.19. The van der Waals surface area contributed by atoms with Gasteiger partial charge in [0.15, 0.2) is 0 Å². The topological polar surface area (TPSA) is 129 Å². The summed E-state index contributed by atoms with van der Waals surface area (Å²) in [5.41, 5.74) is 8.30. The molecule has 0 radical (unpaired) electrons. The van der Waals surface area contributed by atoms with Crippen LogP contribution in [0.2, 0.25) is 0 Å². The van der Waals surface area contributed by atoms with Crippen LogP contribution in [-0.4, -0.2) is 42.3 Å². The van der Waals surface area contributed by atoms with Gasteiger partial charge in [-0.2, -0.15) is 0 Å². The first kappa shape index (κ1) is 23.4. The fraction of sp³-hybridized carbons (Fsp3) is 0.208. The van der Waals surface area contributed by atoms with Gasteiger partial charge in [-0.15, -0.1) is 0 Å². The molecular weight excluding hydrogens is 454 g/mol. The van der Waals surface area contributed by atoms with Crippen molar-refractivity contribution in [2.45, 2.75) is 20.0 Å². The number of sulfonamides is 1. The number of methoxy groups -OCH3 is 1. The van der Waals surface area contributed by atoms with Crippen molar-refractivity contribution in [3.63, 3.8) is 0 Å². The van der Waals surface area contributed by atoms with Crippen molar-refractivity contribution in [2.75, 3.05) is 23.3 Å². The Morgan fingerprint density at radius 1 is 1.03 bits per heavy atom. The molecule has 0 fully saturated rings. The largest absolute Gasteiger partial charge is 0.437 e. The second-order valence-corrected chi connectivity index (χ2v) is 9.57. The molecule has 0 saturated heterocycles. The summed E-state index contributed by atoms with van der Waals surface area (Å²) in [6, 6.07) is 14.4. The van der Waals surface area contributed by atoms with Crippen molar-refractivity contribution in [2.24, 2.45) is 0 Å². The predicted octanol–water partition coefficient (Wildman–Crippen LogP) is 4.15. The number of nitrogens with two attached hydrogens (primary N) is 1. The SMILES string of the molecule is COC(C)CS(=O)(=O)Nc1cccc2c(Oc3ncccc3-c3ccnc(N)n3)c(C)ccc12. The number of fused-ring (bicyclic) bond motifs is 1. The smallest absolute Gasteiger partial charge is 0.235 e. The molecule has 0 bridgehead atoms. The van der Waals surface area contributed by atoms with E-state index in [1.165, 1.54) is 7.11 Å². The lowest BCUT2D eigenvalue weighted by atomic mass is 10.0. The summed E-state index contributed by atoms with van der Waals surface area (Å²) in [6.07, 6.45) is 2.76. The Morgan fingerprint density at radius 3 is 2.62 bits per heavy atom. The minimum atomic E-state index is -3.62. The molecule has 0 aliphatic heterocycles. The van der Waals surface area contributed by atoms with Crippen LogP contribution in [0.3, 0.4) is 0 Å². The van der Waals surface area contributed by atoms with Gasteiger partial charge in [-0.05, 0) is 43.7 Å². The average molecular weight is 480 g/mol. The molecule has 34 heavy (non-hydrogen) atoms. The van der Waals surface area contributed by atoms with E-state index >= 15 is 0 Å². The summed E-state index contributed by atoms with van der Waals surface area (Å²) >= 11 is 0. The number of hydrogen-bond acceptors (Lipinski definition) is 8. The van der Waals surface area contributed by atoms with Gasteiger partial charge in [0.2, 0.25) is 21.9 Å². The standard InChI is InChI=1S/C24H25N5O4S/c1-15-9-10-17-18(6-4-8-21(17)29-34(30,31)14-16(2)32-3)22(15)33-23-19(7-5-12-26-23)20-11-13-27-24(25)28-20/h4-13,16,29H,14H2,1-3H3,(H2,25,27,28).